The van der Waals surface area contributed by atoms with Crippen molar-refractivity contribution in [1.29, 1.82) is 0 Å². The van der Waals surface area contributed by atoms with Gasteiger partial charge in [-0.25, -0.2) is 28.3 Å². The van der Waals surface area contributed by atoms with Crippen molar-refractivity contribution in [1.82, 2.24) is 19.5 Å². The van der Waals surface area contributed by atoms with Gasteiger partial charge in [0, 0.05) is 12.0 Å². The van der Waals surface area contributed by atoms with Gasteiger partial charge in [0.25, 0.3) is 0 Å². The van der Waals surface area contributed by atoms with Crippen LogP contribution < -0.4 is 5.73 Å². The van der Waals surface area contributed by atoms with E-state index in [0.29, 0.717) is 0 Å². The van der Waals surface area contributed by atoms with Gasteiger partial charge in [-0.05, 0) is 13.0 Å². The summed E-state index contributed by atoms with van der Waals surface area (Å²) in [6.07, 6.45) is -3.29. The van der Waals surface area contributed by atoms with Gasteiger partial charge in [-0.15, -0.1) is 0 Å². The Kier molecular flexibility index (Phi) is 5.64. The summed E-state index contributed by atoms with van der Waals surface area (Å²) < 4.78 is 63.8. The number of hydrogen-bond donors (Lipinski definition) is 3. The van der Waals surface area contributed by atoms with Gasteiger partial charge in [0.1, 0.15) is 23.5 Å². The minimum absolute atomic E-state index is 0.0737. The molecule has 0 radical (unpaired) electrons. The van der Waals surface area contributed by atoms with Crippen LogP contribution in [0.4, 0.5) is 14.6 Å². The summed E-state index contributed by atoms with van der Waals surface area (Å²) in [4.78, 5) is 12.0. The Labute approximate surface area is 190 Å². The second-order valence-electron chi connectivity index (χ2n) is 8.02. The van der Waals surface area contributed by atoms with Gasteiger partial charge in [-0.2, -0.15) is 0 Å². The summed E-state index contributed by atoms with van der Waals surface area (Å²) in [5.74, 6) is -2.14. The molecular weight excluding hydrogens is 479 g/mol. The molecule has 1 aromatic carbocycles. The Morgan fingerprint density at radius 2 is 2.12 bits per heavy atom. The number of nitrogens with zero attached hydrogens (tertiary/aromatic N) is 4. The molecule has 0 amide bonds. The molecule has 1 unspecified atom stereocenters. The van der Waals surface area contributed by atoms with Crippen LogP contribution >= 0.6 is 7.82 Å². The maximum Gasteiger partial charge on any atom is 0.477 e. The fourth-order valence-electron chi connectivity index (χ4n) is 3.91. The monoisotopic (exact) mass is 499 g/mol. The van der Waals surface area contributed by atoms with E-state index in [1.165, 1.54) is 36.3 Å². The van der Waals surface area contributed by atoms with E-state index in [1.807, 2.05) is 0 Å². The number of aliphatic hydroxyl groups is 2. The lowest BCUT2D eigenvalue weighted by molar-refractivity contribution is -0.145. The molecule has 34 heavy (non-hydrogen) atoms. The normalized spacial score (nSPS) is 34.0. The van der Waals surface area contributed by atoms with Crippen LogP contribution in [0.25, 0.3) is 11.2 Å². The van der Waals surface area contributed by atoms with E-state index in [9.17, 15) is 23.6 Å². The van der Waals surface area contributed by atoms with E-state index in [1.54, 1.807) is 0 Å². The first-order valence-corrected chi connectivity index (χ1v) is 11.6. The summed E-state index contributed by atoms with van der Waals surface area (Å²) in [6, 6.07) is 3.52. The Hall–Kier alpha value is -2.58. The fourth-order valence-corrected chi connectivity index (χ4v) is 5.36. The number of fused-ring (bicyclic) bond motifs is 1. The summed E-state index contributed by atoms with van der Waals surface area (Å²) in [5.41, 5.74) is 4.11. The Balaban J connectivity index is 1.39. The molecule has 4 heterocycles. The number of aromatic nitrogens is 4. The van der Waals surface area contributed by atoms with Crippen molar-refractivity contribution in [3.8, 4) is 0 Å². The van der Waals surface area contributed by atoms with Gasteiger partial charge >= 0.3 is 7.82 Å². The number of nitrogens with two attached hydrogens (primary N) is 1. The molecular formula is C19H20F2N5O7P. The summed E-state index contributed by atoms with van der Waals surface area (Å²) in [7, 11) is -4.43. The van der Waals surface area contributed by atoms with Crippen molar-refractivity contribution in [2.45, 2.75) is 43.7 Å². The quantitative estimate of drug-likeness (QED) is 0.450. The van der Waals surface area contributed by atoms with Crippen molar-refractivity contribution in [3.63, 3.8) is 0 Å². The lowest BCUT2D eigenvalue weighted by atomic mass is 9.99. The van der Waals surface area contributed by atoms with Crippen LogP contribution in [0.2, 0.25) is 0 Å². The number of hydrogen-bond acceptors (Lipinski definition) is 11. The maximum absolute atomic E-state index is 14.2. The van der Waals surface area contributed by atoms with E-state index < -0.39 is 49.8 Å². The van der Waals surface area contributed by atoms with E-state index in [0.717, 1.165) is 6.07 Å². The first kappa shape index (κ1) is 23.2. The molecule has 182 valence electrons. The number of anilines is 1. The van der Waals surface area contributed by atoms with Gasteiger partial charge in [0.15, 0.2) is 29.3 Å². The molecule has 2 saturated heterocycles. The third-order valence-corrected chi connectivity index (χ3v) is 7.18. The fraction of sp³-hybridized carbons (Fsp3) is 0.421. The molecule has 2 fully saturated rings. The van der Waals surface area contributed by atoms with E-state index in [2.05, 4.69) is 15.0 Å². The van der Waals surface area contributed by atoms with Crippen LogP contribution in [-0.4, -0.2) is 54.3 Å². The number of aliphatic hydroxyl groups excluding tert-OH is 1. The zero-order chi connectivity index (χ0) is 24.3. The Morgan fingerprint density at radius 3 is 2.91 bits per heavy atom. The Morgan fingerprint density at radius 1 is 1.32 bits per heavy atom. The number of nitrogen functional groups attached to an aromatic ring is 1. The second-order valence-corrected chi connectivity index (χ2v) is 9.60. The van der Waals surface area contributed by atoms with Crippen LogP contribution in [0.15, 0.2) is 30.9 Å². The topological polar surface area (TPSA) is 164 Å². The van der Waals surface area contributed by atoms with Gasteiger partial charge in [0.05, 0.1) is 19.0 Å². The van der Waals surface area contributed by atoms with Crippen molar-refractivity contribution < 1.29 is 41.9 Å². The molecule has 12 nitrogen and oxygen atoms in total. The average Bonchev–Trinajstić information content (AvgIpc) is 3.30. The third kappa shape index (κ3) is 3.77. The average molecular weight is 499 g/mol. The molecule has 2 aliphatic heterocycles. The number of halogens is 2. The molecule has 15 heteroatoms. The largest absolute Gasteiger partial charge is 0.477 e. The molecule has 2 aromatic heterocycles. The smallest absolute Gasteiger partial charge is 0.385 e. The first-order valence-electron chi connectivity index (χ1n) is 10.1. The molecule has 6 atom stereocenters. The second kappa shape index (κ2) is 8.27. The predicted octanol–water partition coefficient (Wildman–Crippen LogP) is 1.96. The highest BCUT2D eigenvalue weighted by molar-refractivity contribution is 7.48. The number of benzene rings is 1. The van der Waals surface area contributed by atoms with Gasteiger partial charge < -0.3 is 20.7 Å². The number of phosphoric acid groups is 1. The van der Waals surface area contributed by atoms with Crippen LogP contribution in [0, 0.1) is 11.6 Å². The predicted molar refractivity (Wildman–Crippen MR) is 110 cm³/mol. The lowest BCUT2D eigenvalue weighted by Gasteiger charge is -2.31. The van der Waals surface area contributed by atoms with Crippen LogP contribution in [0.5, 0.6) is 0 Å². The minimum Gasteiger partial charge on any atom is -0.385 e. The summed E-state index contributed by atoms with van der Waals surface area (Å²) in [6.45, 7) is 1.11. The number of rotatable bonds is 4. The summed E-state index contributed by atoms with van der Waals surface area (Å²) in [5, 5.41) is 21.7. The third-order valence-electron chi connectivity index (χ3n) is 5.71. The first-order chi connectivity index (χ1) is 16.1. The van der Waals surface area contributed by atoms with Crippen molar-refractivity contribution in [2.24, 2.45) is 0 Å². The zero-order valence-electron chi connectivity index (χ0n) is 17.6. The van der Waals surface area contributed by atoms with Gasteiger partial charge in [0.2, 0.25) is 6.29 Å². The molecule has 5 rings (SSSR count). The highest BCUT2D eigenvalue weighted by Gasteiger charge is 2.57. The van der Waals surface area contributed by atoms with E-state index >= 15 is 0 Å². The van der Waals surface area contributed by atoms with E-state index in [4.69, 9.17) is 24.0 Å². The molecule has 0 saturated carbocycles. The Bertz CT molecular complexity index is 1290. The molecule has 0 bridgehead atoms. The molecule has 0 spiro atoms. The minimum atomic E-state index is -4.43. The molecule has 2 aliphatic rings. The van der Waals surface area contributed by atoms with Crippen LogP contribution in [0.1, 0.15) is 31.2 Å². The maximum atomic E-state index is 14.2. The van der Waals surface area contributed by atoms with Crippen molar-refractivity contribution in [2.75, 3.05) is 12.3 Å². The molecule has 4 N–H and O–H groups in total. The zero-order valence-corrected chi connectivity index (χ0v) is 18.5. The standard InChI is InChI=1S/C19H20F2N5O7P/c1-19(28)14(27)17(31-18(19)26-8-25-13-15(22)23-7-24-16(13)26)33-34(29)30-6-5-11(32-34)9-3-2-4-10(20)12(9)21/h2-4,7-8,11,14,17-18,27-28H,5-6H2,1H3,(H2,22,23,24)/t11-,14-,17?,18-,19-,34-/m1/s1. The van der Waals surface area contributed by atoms with E-state index in [-0.39, 0.29) is 35.6 Å². The highest BCUT2D eigenvalue weighted by Crippen LogP contribution is 2.59. The van der Waals surface area contributed by atoms with Crippen LogP contribution in [-0.2, 0) is 22.9 Å². The van der Waals surface area contributed by atoms with Crippen molar-refractivity contribution >= 4 is 24.8 Å². The molecule has 3 aromatic rings. The van der Waals surface area contributed by atoms with Gasteiger partial charge in [-0.3, -0.25) is 18.1 Å². The van der Waals surface area contributed by atoms with Crippen LogP contribution in [0.3, 0.4) is 0 Å². The summed E-state index contributed by atoms with van der Waals surface area (Å²) >= 11 is 0. The molecule has 0 aliphatic carbocycles. The van der Waals surface area contributed by atoms with Crippen molar-refractivity contribution in [3.05, 3.63) is 48.1 Å². The van der Waals surface area contributed by atoms with Gasteiger partial charge in [-0.1, -0.05) is 12.1 Å². The SMILES string of the molecule is C[C@@]1(O)[C@H](O)C(O[P@]2(=O)OCC[C@H](c3cccc(F)c3F)O2)O[C@H]1n1cnc2c(N)ncnc21. The number of imidazole rings is 1. The number of phosphoric ester groups is 1. The lowest BCUT2D eigenvalue weighted by Crippen LogP contribution is -2.44. The highest BCUT2D eigenvalue weighted by atomic mass is 31.2. The number of ether oxygens (including phenoxy) is 1.